The van der Waals surface area contributed by atoms with Crippen LogP contribution in [0.1, 0.15) is 37.7 Å². The van der Waals surface area contributed by atoms with Crippen LogP contribution in [0.3, 0.4) is 0 Å². The van der Waals surface area contributed by atoms with Crippen LogP contribution in [0.5, 0.6) is 5.75 Å². The Kier molecular flexibility index (Phi) is 4.61. The highest BCUT2D eigenvalue weighted by Gasteiger charge is 2.17. The monoisotopic (exact) mass is 302 g/mol. The lowest BCUT2D eigenvalue weighted by molar-refractivity contribution is -0.120. The molecule has 5 heteroatoms. The number of carbonyl (C=O) groups excluding carboxylic acids is 2. The summed E-state index contributed by atoms with van der Waals surface area (Å²) >= 11 is 0. The maximum absolute atomic E-state index is 12.1. The molecule has 1 aliphatic carbocycles. The number of hydrogen-bond donors (Lipinski definition) is 2. The van der Waals surface area contributed by atoms with E-state index in [0.29, 0.717) is 23.8 Å². The first-order chi connectivity index (χ1) is 10.7. The molecule has 3 rings (SSSR count). The highest BCUT2D eigenvalue weighted by Crippen LogP contribution is 2.28. The molecule has 2 aliphatic rings. The summed E-state index contributed by atoms with van der Waals surface area (Å²) < 4.78 is 5.31. The van der Waals surface area contributed by atoms with Crippen molar-refractivity contribution < 1.29 is 14.3 Å². The van der Waals surface area contributed by atoms with Crippen LogP contribution in [-0.4, -0.2) is 25.0 Å². The van der Waals surface area contributed by atoms with Gasteiger partial charge in [0, 0.05) is 6.54 Å². The summed E-state index contributed by atoms with van der Waals surface area (Å²) in [6.07, 6.45) is 6.67. The van der Waals surface area contributed by atoms with Crippen molar-refractivity contribution in [3.05, 3.63) is 23.8 Å². The molecule has 0 unspecified atom stereocenters. The van der Waals surface area contributed by atoms with Crippen LogP contribution in [0.25, 0.3) is 0 Å². The van der Waals surface area contributed by atoms with Crippen molar-refractivity contribution in [2.45, 2.75) is 38.5 Å². The van der Waals surface area contributed by atoms with Crippen molar-refractivity contribution >= 4 is 17.5 Å². The van der Waals surface area contributed by atoms with Gasteiger partial charge in [-0.15, -0.1) is 0 Å². The van der Waals surface area contributed by atoms with Crippen molar-refractivity contribution in [1.29, 1.82) is 0 Å². The van der Waals surface area contributed by atoms with Crippen molar-refractivity contribution in [3.8, 4) is 5.75 Å². The van der Waals surface area contributed by atoms with Gasteiger partial charge in [0.25, 0.3) is 5.91 Å². The second kappa shape index (κ2) is 6.81. The minimum Gasteiger partial charge on any atom is -0.482 e. The minimum atomic E-state index is -0.161. The third kappa shape index (κ3) is 3.78. The van der Waals surface area contributed by atoms with Gasteiger partial charge in [0.05, 0.1) is 12.1 Å². The standard InChI is InChI=1S/C17H22N2O3/c20-16(18-10-12-4-2-1-3-5-12)9-13-6-7-15-14(8-13)19-17(21)11-22-15/h6-8,12H,1-5,9-11H2,(H,18,20)(H,19,21). The zero-order chi connectivity index (χ0) is 15.4. The lowest BCUT2D eigenvalue weighted by Gasteiger charge is -2.22. The Morgan fingerprint density at radius 2 is 2.09 bits per heavy atom. The third-order valence-electron chi connectivity index (χ3n) is 4.35. The Morgan fingerprint density at radius 3 is 2.91 bits per heavy atom. The Balaban J connectivity index is 1.52. The van der Waals surface area contributed by atoms with Crippen LogP contribution < -0.4 is 15.4 Å². The third-order valence-corrected chi connectivity index (χ3v) is 4.35. The Morgan fingerprint density at radius 1 is 1.27 bits per heavy atom. The fraction of sp³-hybridized carbons (Fsp3) is 0.529. The molecule has 2 N–H and O–H groups in total. The summed E-state index contributed by atoms with van der Waals surface area (Å²) in [4.78, 5) is 23.4. The van der Waals surface area contributed by atoms with Crippen LogP contribution >= 0.6 is 0 Å². The molecular weight excluding hydrogens is 280 g/mol. The van der Waals surface area contributed by atoms with E-state index in [1.54, 1.807) is 6.07 Å². The Hall–Kier alpha value is -2.04. The van der Waals surface area contributed by atoms with E-state index in [1.807, 2.05) is 12.1 Å². The Bertz CT molecular complexity index is 565. The normalized spacial score (nSPS) is 18.1. The first kappa shape index (κ1) is 14.9. The summed E-state index contributed by atoms with van der Waals surface area (Å²) in [6, 6.07) is 5.49. The fourth-order valence-electron chi connectivity index (χ4n) is 3.14. The molecule has 2 amide bonds. The van der Waals surface area contributed by atoms with Crippen LogP contribution in [0.15, 0.2) is 18.2 Å². The van der Waals surface area contributed by atoms with Gasteiger partial charge in [-0.2, -0.15) is 0 Å². The smallest absolute Gasteiger partial charge is 0.262 e. The number of benzene rings is 1. The molecule has 1 fully saturated rings. The van der Waals surface area contributed by atoms with E-state index in [0.717, 1.165) is 12.1 Å². The van der Waals surface area contributed by atoms with E-state index < -0.39 is 0 Å². The van der Waals surface area contributed by atoms with E-state index in [1.165, 1.54) is 32.1 Å². The summed E-state index contributed by atoms with van der Waals surface area (Å²) in [5.74, 6) is 1.17. The molecule has 22 heavy (non-hydrogen) atoms. The number of rotatable bonds is 4. The molecule has 0 atom stereocenters. The van der Waals surface area contributed by atoms with E-state index >= 15 is 0 Å². The molecule has 118 valence electrons. The number of carbonyl (C=O) groups is 2. The highest BCUT2D eigenvalue weighted by molar-refractivity contribution is 5.95. The van der Waals surface area contributed by atoms with E-state index in [9.17, 15) is 9.59 Å². The second-order valence-corrected chi connectivity index (χ2v) is 6.15. The maximum Gasteiger partial charge on any atom is 0.262 e. The quantitative estimate of drug-likeness (QED) is 0.896. The SMILES string of the molecule is O=C(Cc1ccc2c(c1)NC(=O)CO2)NCC1CCCCC1. The van der Waals surface area contributed by atoms with Crippen molar-refractivity contribution in [2.24, 2.45) is 5.92 Å². The topological polar surface area (TPSA) is 67.4 Å². The summed E-state index contributed by atoms with van der Waals surface area (Å²) in [7, 11) is 0. The lowest BCUT2D eigenvalue weighted by atomic mass is 9.89. The molecule has 1 aromatic carbocycles. The predicted molar refractivity (Wildman–Crippen MR) is 83.9 cm³/mol. The van der Waals surface area contributed by atoms with Gasteiger partial charge in [0.15, 0.2) is 6.61 Å². The lowest BCUT2D eigenvalue weighted by Crippen LogP contribution is -2.31. The van der Waals surface area contributed by atoms with Gasteiger partial charge in [-0.25, -0.2) is 0 Å². The van der Waals surface area contributed by atoms with Gasteiger partial charge >= 0.3 is 0 Å². The number of amides is 2. The van der Waals surface area contributed by atoms with Crippen molar-refractivity contribution in [2.75, 3.05) is 18.5 Å². The largest absolute Gasteiger partial charge is 0.482 e. The average molecular weight is 302 g/mol. The van der Waals surface area contributed by atoms with Gasteiger partial charge in [0.1, 0.15) is 5.75 Å². The summed E-state index contributed by atoms with van der Waals surface area (Å²) in [6.45, 7) is 0.831. The van der Waals surface area contributed by atoms with Crippen LogP contribution in [0.2, 0.25) is 0 Å². The zero-order valence-corrected chi connectivity index (χ0v) is 12.7. The van der Waals surface area contributed by atoms with Crippen molar-refractivity contribution in [3.63, 3.8) is 0 Å². The van der Waals surface area contributed by atoms with E-state index in [4.69, 9.17) is 4.74 Å². The van der Waals surface area contributed by atoms with Gasteiger partial charge in [-0.3, -0.25) is 9.59 Å². The van der Waals surface area contributed by atoms with Crippen LogP contribution in [0, 0.1) is 5.92 Å². The Labute approximate surface area is 130 Å². The van der Waals surface area contributed by atoms with Gasteiger partial charge in [-0.05, 0) is 36.5 Å². The molecular formula is C17H22N2O3. The fourth-order valence-corrected chi connectivity index (χ4v) is 3.14. The summed E-state index contributed by atoms with van der Waals surface area (Å²) in [5.41, 5.74) is 1.53. The van der Waals surface area contributed by atoms with Crippen LogP contribution in [0.4, 0.5) is 5.69 Å². The van der Waals surface area contributed by atoms with Crippen molar-refractivity contribution in [1.82, 2.24) is 5.32 Å². The molecule has 5 nitrogen and oxygen atoms in total. The zero-order valence-electron chi connectivity index (χ0n) is 12.7. The second-order valence-electron chi connectivity index (χ2n) is 6.15. The van der Waals surface area contributed by atoms with Gasteiger partial charge < -0.3 is 15.4 Å². The van der Waals surface area contributed by atoms with Crippen LogP contribution in [-0.2, 0) is 16.0 Å². The molecule has 0 radical (unpaired) electrons. The van der Waals surface area contributed by atoms with Gasteiger partial charge in [0.2, 0.25) is 5.91 Å². The molecule has 0 bridgehead atoms. The van der Waals surface area contributed by atoms with E-state index in [-0.39, 0.29) is 18.4 Å². The van der Waals surface area contributed by atoms with E-state index in [2.05, 4.69) is 10.6 Å². The minimum absolute atomic E-state index is 0.0357. The maximum atomic E-state index is 12.1. The first-order valence-corrected chi connectivity index (χ1v) is 8.03. The predicted octanol–water partition coefficient (Wildman–Crippen LogP) is 2.26. The number of hydrogen-bond acceptors (Lipinski definition) is 3. The average Bonchev–Trinajstić information content (AvgIpc) is 2.53. The molecule has 1 aliphatic heterocycles. The number of fused-ring (bicyclic) bond motifs is 1. The number of nitrogens with one attached hydrogen (secondary N) is 2. The molecule has 1 aromatic rings. The molecule has 1 saturated carbocycles. The molecule has 0 aromatic heterocycles. The first-order valence-electron chi connectivity index (χ1n) is 8.03. The number of ether oxygens (including phenoxy) is 1. The highest BCUT2D eigenvalue weighted by atomic mass is 16.5. The molecule has 0 spiro atoms. The molecule has 1 heterocycles. The molecule has 0 saturated heterocycles. The summed E-state index contributed by atoms with van der Waals surface area (Å²) in [5, 5.41) is 5.79. The number of anilines is 1. The van der Waals surface area contributed by atoms with Gasteiger partial charge in [-0.1, -0.05) is 25.3 Å².